The molecule has 0 N–H and O–H groups in total. The predicted molar refractivity (Wildman–Crippen MR) is 134 cm³/mol. The van der Waals surface area contributed by atoms with Gasteiger partial charge >= 0.3 is 0 Å². The van der Waals surface area contributed by atoms with Gasteiger partial charge in [0.15, 0.2) is 11.0 Å². The second kappa shape index (κ2) is 10.2. The minimum absolute atomic E-state index is 0.360. The standard InChI is InChI=1S/C21H29N7O3S3/c1-32-21-22-12-15(13-23-21)19-24-17-11-16(14-26-3-5-28(6-4-26)34(2,29)30)33-18(17)20(25-19)27-7-9-31-10-8-27/h12-13,16H,3-11,14H2,1-2H3. The van der Waals surface area contributed by atoms with Crippen LogP contribution in [-0.2, 0) is 21.2 Å². The van der Waals surface area contributed by atoms with Crippen molar-refractivity contribution in [2.24, 2.45) is 0 Å². The van der Waals surface area contributed by atoms with Crippen LogP contribution in [0.5, 0.6) is 0 Å². The van der Waals surface area contributed by atoms with Gasteiger partial charge in [0.05, 0.1) is 35.6 Å². The number of sulfonamides is 1. The van der Waals surface area contributed by atoms with Crippen LogP contribution in [-0.4, -0.2) is 114 Å². The summed E-state index contributed by atoms with van der Waals surface area (Å²) in [7, 11) is -3.12. The van der Waals surface area contributed by atoms with Gasteiger partial charge in [0.2, 0.25) is 10.0 Å². The highest BCUT2D eigenvalue weighted by atomic mass is 32.2. The summed E-state index contributed by atoms with van der Waals surface area (Å²) in [5.41, 5.74) is 1.89. The molecule has 1 unspecified atom stereocenters. The number of nitrogens with zero attached hydrogens (tertiary/aromatic N) is 7. The maximum Gasteiger partial charge on any atom is 0.211 e. The van der Waals surface area contributed by atoms with Crippen LogP contribution in [0.3, 0.4) is 0 Å². The summed E-state index contributed by atoms with van der Waals surface area (Å²) in [6, 6.07) is 0. The fourth-order valence-electron chi connectivity index (χ4n) is 4.46. The molecule has 5 rings (SSSR count). The number of anilines is 1. The zero-order chi connectivity index (χ0) is 23.7. The van der Waals surface area contributed by atoms with E-state index in [-0.39, 0.29) is 0 Å². The van der Waals surface area contributed by atoms with Crippen LogP contribution < -0.4 is 4.90 Å². The topological polar surface area (TPSA) is 105 Å². The number of hydrogen-bond donors (Lipinski definition) is 0. The Kier molecular flexibility index (Phi) is 7.28. The fraction of sp³-hybridized carbons (Fsp3) is 0.619. The number of morpholine rings is 1. The first-order chi connectivity index (χ1) is 16.4. The molecule has 10 nitrogen and oxygen atoms in total. The van der Waals surface area contributed by atoms with Crippen molar-refractivity contribution in [3.05, 3.63) is 18.1 Å². The van der Waals surface area contributed by atoms with Crippen LogP contribution in [0.2, 0.25) is 0 Å². The number of rotatable bonds is 6. The van der Waals surface area contributed by atoms with Gasteiger partial charge in [0, 0.05) is 69.9 Å². The van der Waals surface area contributed by atoms with Crippen LogP contribution in [0.4, 0.5) is 5.82 Å². The van der Waals surface area contributed by atoms with Crippen molar-refractivity contribution >= 4 is 39.4 Å². The fourth-order valence-corrected chi connectivity index (χ4v) is 7.00. The molecule has 0 radical (unpaired) electrons. The Morgan fingerprint density at radius 2 is 1.79 bits per heavy atom. The molecule has 2 saturated heterocycles. The Bertz CT molecular complexity index is 1120. The van der Waals surface area contributed by atoms with Gasteiger partial charge in [0.25, 0.3) is 0 Å². The first kappa shape index (κ1) is 24.2. The first-order valence-corrected chi connectivity index (χ1v) is 15.3. The molecule has 2 fully saturated rings. The predicted octanol–water partition coefficient (Wildman–Crippen LogP) is 1.09. The molecule has 1 atom stereocenters. The Morgan fingerprint density at radius 1 is 1.09 bits per heavy atom. The average Bonchev–Trinajstić information content (AvgIpc) is 3.26. The van der Waals surface area contributed by atoms with E-state index in [1.165, 1.54) is 18.0 Å². The van der Waals surface area contributed by atoms with Gasteiger partial charge in [-0.15, -0.1) is 11.8 Å². The summed E-state index contributed by atoms with van der Waals surface area (Å²) in [5, 5.41) is 1.09. The monoisotopic (exact) mass is 523 g/mol. The maximum absolute atomic E-state index is 11.8. The molecule has 184 valence electrons. The van der Waals surface area contributed by atoms with Gasteiger partial charge in [-0.3, -0.25) is 4.90 Å². The molecule has 5 heterocycles. The third kappa shape index (κ3) is 5.34. The molecule has 0 aromatic carbocycles. The van der Waals surface area contributed by atoms with E-state index in [1.807, 2.05) is 18.0 Å². The summed E-state index contributed by atoms with van der Waals surface area (Å²) in [4.78, 5) is 24.5. The quantitative estimate of drug-likeness (QED) is 0.401. The zero-order valence-electron chi connectivity index (χ0n) is 19.4. The smallest absolute Gasteiger partial charge is 0.211 e. The van der Waals surface area contributed by atoms with Crippen molar-refractivity contribution in [2.45, 2.75) is 21.7 Å². The Labute approximate surface area is 208 Å². The highest BCUT2D eigenvalue weighted by Crippen LogP contribution is 2.43. The van der Waals surface area contributed by atoms with Crippen LogP contribution in [0, 0.1) is 0 Å². The van der Waals surface area contributed by atoms with Gasteiger partial charge in [-0.1, -0.05) is 11.8 Å². The lowest BCUT2D eigenvalue weighted by molar-refractivity contribution is 0.122. The van der Waals surface area contributed by atoms with Gasteiger partial charge in [0.1, 0.15) is 5.82 Å². The third-order valence-corrected chi connectivity index (χ3v) is 9.45. The molecule has 3 aliphatic heterocycles. The minimum atomic E-state index is -3.12. The van der Waals surface area contributed by atoms with Crippen molar-refractivity contribution in [2.75, 3.05) is 76.4 Å². The molecule has 34 heavy (non-hydrogen) atoms. The second-order valence-electron chi connectivity index (χ2n) is 8.61. The molecule has 2 aromatic rings. The number of thioether (sulfide) groups is 2. The average molecular weight is 524 g/mol. The normalized spacial score (nSPS) is 22.2. The zero-order valence-corrected chi connectivity index (χ0v) is 21.8. The Hall–Kier alpha value is -1.51. The number of aromatic nitrogens is 4. The van der Waals surface area contributed by atoms with Gasteiger partial charge in [-0.2, -0.15) is 4.31 Å². The van der Waals surface area contributed by atoms with Crippen LogP contribution in [0.1, 0.15) is 5.69 Å². The van der Waals surface area contributed by atoms with E-state index in [0.29, 0.717) is 37.4 Å². The number of fused-ring (bicyclic) bond motifs is 1. The van der Waals surface area contributed by atoms with Crippen molar-refractivity contribution in [1.82, 2.24) is 29.1 Å². The molecule has 2 aromatic heterocycles. The van der Waals surface area contributed by atoms with E-state index in [1.54, 1.807) is 16.7 Å². The molecular formula is C21H29N7O3S3. The molecule has 0 aliphatic carbocycles. The molecule has 0 bridgehead atoms. The van der Waals surface area contributed by atoms with E-state index in [9.17, 15) is 8.42 Å². The second-order valence-corrected chi connectivity index (χ2v) is 12.7. The molecule has 0 saturated carbocycles. The van der Waals surface area contributed by atoms with Crippen molar-refractivity contribution < 1.29 is 13.2 Å². The highest BCUT2D eigenvalue weighted by Gasteiger charge is 2.33. The number of ether oxygens (including phenoxy) is 1. The largest absolute Gasteiger partial charge is 0.378 e. The highest BCUT2D eigenvalue weighted by molar-refractivity contribution is 8.00. The molecule has 13 heteroatoms. The van der Waals surface area contributed by atoms with E-state index < -0.39 is 10.0 Å². The maximum atomic E-state index is 11.8. The van der Waals surface area contributed by atoms with Gasteiger partial charge in [-0.25, -0.2) is 28.4 Å². The lowest BCUT2D eigenvalue weighted by Gasteiger charge is -2.34. The van der Waals surface area contributed by atoms with E-state index in [4.69, 9.17) is 14.7 Å². The SMILES string of the molecule is CSc1ncc(-c2nc3c(c(N4CCOCC4)n2)SC(CN2CCN(S(C)(=O)=O)CC2)C3)cn1. The lowest BCUT2D eigenvalue weighted by atomic mass is 10.2. The first-order valence-electron chi connectivity index (χ1n) is 11.3. The lowest BCUT2D eigenvalue weighted by Crippen LogP contribution is -2.49. The van der Waals surface area contributed by atoms with Crippen LogP contribution in [0.25, 0.3) is 11.4 Å². The third-order valence-electron chi connectivity index (χ3n) is 6.27. The van der Waals surface area contributed by atoms with E-state index in [2.05, 4.69) is 19.8 Å². The van der Waals surface area contributed by atoms with Crippen molar-refractivity contribution in [1.29, 1.82) is 0 Å². The summed E-state index contributed by atoms with van der Waals surface area (Å²) in [5.74, 6) is 1.64. The number of piperazine rings is 1. The summed E-state index contributed by atoms with van der Waals surface area (Å²) in [6.07, 6.45) is 7.70. The molecular weight excluding hydrogens is 494 g/mol. The molecule has 0 spiro atoms. The summed E-state index contributed by atoms with van der Waals surface area (Å²) in [6.45, 7) is 6.53. The summed E-state index contributed by atoms with van der Waals surface area (Å²) >= 11 is 3.36. The van der Waals surface area contributed by atoms with Crippen molar-refractivity contribution in [3.63, 3.8) is 0 Å². The summed E-state index contributed by atoms with van der Waals surface area (Å²) < 4.78 is 30.8. The van der Waals surface area contributed by atoms with E-state index in [0.717, 1.165) is 66.3 Å². The Balaban J connectivity index is 1.36. The Morgan fingerprint density at radius 3 is 2.44 bits per heavy atom. The number of hydrogen-bond acceptors (Lipinski definition) is 11. The van der Waals surface area contributed by atoms with E-state index >= 15 is 0 Å². The minimum Gasteiger partial charge on any atom is -0.378 e. The van der Waals surface area contributed by atoms with Crippen LogP contribution in [0.15, 0.2) is 22.4 Å². The van der Waals surface area contributed by atoms with Crippen molar-refractivity contribution in [3.8, 4) is 11.4 Å². The van der Waals surface area contributed by atoms with Gasteiger partial charge in [-0.05, 0) is 6.26 Å². The van der Waals surface area contributed by atoms with Gasteiger partial charge < -0.3 is 9.64 Å². The van der Waals surface area contributed by atoms with Crippen LogP contribution >= 0.6 is 23.5 Å². The molecule has 0 amide bonds. The molecule has 3 aliphatic rings.